The lowest BCUT2D eigenvalue weighted by molar-refractivity contribution is -0.393. The zero-order chi connectivity index (χ0) is 21.3. The summed E-state index contributed by atoms with van der Waals surface area (Å²) in [7, 11) is -3.67. The number of anilines is 1. The Labute approximate surface area is 167 Å². The van der Waals surface area contributed by atoms with E-state index in [1.54, 1.807) is 23.1 Å². The van der Waals surface area contributed by atoms with E-state index in [-0.39, 0.29) is 48.1 Å². The number of nitro benzene ring substituents is 2. The predicted molar refractivity (Wildman–Crippen MR) is 107 cm³/mol. The third kappa shape index (κ3) is 4.05. The summed E-state index contributed by atoms with van der Waals surface area (Å²) in [5, 5.41) is 22.2. The molecule has 1 aliphatic rings. The van der Waals surface area contributed by atoms with E-state index in [9.17, 15) is 28.6 Å². The smallest absolute Gasteiger partial charge is 0.299 e. The number of sulfonamides is 1. The molecule has 1 saturated heterocycles. The molecule has 154 valence electrons. The fourth-order valence-corrected chi connectivity index (χ4v) is 4.74. The van der Waals surface area contributed by atoms with Crippen molar-refractivity contribution in [2.45, 2.75) is 18.7 Å². The first kappa shape index (κ1) is 20.7. The summed E-state index contributed by atoms with van der Waals surface area (Å²) >= 11 is 0. The first-order valence-corrected chi connectivity index (χ1v) is 10.3. The predicted octanol–water partition coefficient (Wildman–Crippen LogP) is 2.63. The van der Waals surface area contributed by atoms with Crippen LogP contribution in [0.25, 0.3) is 0 Å². The summed E-state index contributed by atoms with van der Waals surface area (Å²) in [6.45, 7) is 4.54. The number of nitrogens with zero attached hydrogens (tertiary/aromatic N) is 4. The Morgan fingerprint density at radius 1 is 0.862 bits per heavy atom. The molecule has 0 N–H and O–H groups in total. The van der Waals surface area contributed by atoms with Crippen molar-refractivity contribution in [3.63, 3.8) is 0 Å². The minimum atomic E-state index is -3.67. The van der Waals surface area contributed by atoms with Gasteiger partial charge in [0.05, 0.1) is 20.8 Å². The highest BCUT2D eigenvalue weighted by molar-refractivity contribution is 7.89. The van der Waals surface area contributed by atoms with Crippen molar-refractivity contribution >= 4 is 27.1 Å². The Kier molecular flexibility index (Phi) is 5.53. The van der Waals surface area contributed by atoms with E-state index >= 15 is 0 Å². The van der Waals surface area contributed by atoms with Crippen molar-refractivity contribution in [2.75, 3.05) is 31.1 Å². The maximum atomic E-state index is 12.9. The van der Waals surface area contributed by atoms with Crippen molar-refractivity contribution in [2.24, 2.45) is 0 Å². The van der Waals surface area contributed by atoms with Crippen LogP contribution in [0.3, 0.4) is 0 Å². The van der Waals surface area contributed by atoms with E-state index < -0.39 is 19.9 Å². The lowest BCUT2D eigenvalue weighted by atomic mass is 10.1. The summed E-state index contributed by atoms with van der Waals surface area (Å²) in [6, 6.07) is 8.44. The summed E-state index contributed by atoms with van der Waals surface area (Å²) in [4.78, 5) is 22.8. The van der Waals surface area contributed by atoms with Gasteiger partial charge in [-0.25, -0.2) is 8.42 Å². The van der Waals surface area contributed by atoms with Gasteiger partial charge in [-0.15, -0.1) is 0 Å². The fraction of sp³-hybridized carbons (Fsp3) is 0.333. The molecule has 0 atom stereocenters. The highest BCUT2D eigenvalue weighted by Crippen LogP contribution is 2.33. The number of aryl methyl sites for hydroxylation is 2. The Hall–Kier alpha value is -3.05. The van der Waals surface area contributed by atoms with E-state index in [4.69, 9.17) is 0 Å². The lowest BCUT2D eigenvalue weighted by Crippen LogP contribution is -2.48. The van der Waals surface area contributed by atoms with Crippen LogP contribution in [0.5, 0.6) is 0 Å². The number of rotatable bonds is 5. The number of piperazine rings is 1. The van der Waals surface area contributed by atoms with Crippen molar-refractivity contribution in [1.29, 1.82) is 0 Å². The molecule has 1 fully saturated rings. The van der Waals surface area contributed by atoms with Crippen LogP contribution in [0.15, 0.2) is 41.3 Å². The van der Waals surface area contributed by atoms with E-state index in [0.29, 0.717) is 0 Å². The number of hydrogen-bond acceptors (Lipinski definition) is 7. The second-order valence-electron chi connectivity index (χ2n) is 6.82. The van der Waals surface area contributed by atoms with Gasteiger partial charge in [-0.1, -0.05) is 6.07 Å². The van der Waals surface area contributed by atoms with Crippen molar-refractivity contribution in [3.05, 3.63) is 67.8 Å². The Morgan fingerprint density at radius 2 is 1.52 bits per heavy atom. The quantitative estimate of drug-likeness (QED) is 0.537. The summed E-state index contributed by atoms with van der Waals surface area (Å²) in [5.74, 6) is 0. The van der Waals surface area contributed by atoms with Gasteiger partial charge in [-0.3, -0.25) is 20.2 Å². The first-order chi connectivity index (χ1) is 13.6. The molecule has 1 heterocycles. The molecule has 0 bridgehead atoms. The summed E-state index contributed by atoms with van der Waals surface area (Å²) in [6.07, 6.45) is 0. The molecule has 0 saturated carbocycles. The molecule has 11 heteroatoms. The van der Waals surface area contributed by atoms with Crippen molar-refractivity contribution < 1.29 is 18.3 Å². The number of non-ortho nitro benzene ring substituents is 1. The molecule has 0 spiro atoms. The van der Waals surface area contributed by atoms with Crippen LogP contribution in [-0.2, 0) is 10.0 Å². The Bertz CT molecular complexity index is 1080. The first-order valence-electron chi connectivity index (χ1n) is 8.86. The standard InChI is InChI=1S/C18H20N4O6S/c1-13-3-5-16(11-14(13)2)29(27,28)20-9-7-19(8-10-20)17-6-4-15(21(23)24)12-18(17)22(25)26/h3-6,11-12H,7-10H2,1-2H3. The van der Waals surface area contributed by atoms with E-state index in [2.05, 4.69) is 0 Å². The van der Waals surface area contributed by atoms with Crippen LogP contribution < -0.4 is 4.90 Å². The van der Waals surface area contributed by atoms with E-state index in [1.807, 2.05) is 13.8 Å². The average Bonchev–Trinajstić information content (AvgIpc) is 2.69. The van der Waals surface area contributed by atoms with Crippen LogP contribution in [0.2, 0.25) is 0 Å². The Morgan fingerprint density at radius 3 is 2.07 bits per heavy atom. The molecular formula is C18H20N4O6S. The lowest BCUT2D eigenvalue weighted by Gasteiger charge is -2.35. The largest absolute Gasteiger partial charge is 0.363 e. The summed E-state index contributed by atoms with van der Waals surface area (Å²) in [5.41, 5.74) is 1.38. The van der Waals surface area contributed by atoms with Crippen LogP contribution in [0.1, 0.15) is 11.1 Å². The van der Waals surface area contributed by atoms with Gasteiger partial charge >= 0.3 is 0 Å². The zero-order valence-electron chi connectivity index (χ0n) is 15.9. The molecule has 0 amide bonds. The van der Waals surface area contributed by atoms with Gasteiger partial charge in [-0.2, -0.15) is 4.31 Å². The second kappa shape index (κ2) is 7.76. The van der Waals surface area contributed by atoms with Crippen LogP contribution >= 0.6 is 0 Å². The highest BCUT2D eigenvalue weighted by Gasteiger charge is 2.31. The molecule has 29 heavy (non-hydrogen) atoms. The SMILES string of the molecule is Cc1ccc(S(=O)(=O)N2CCN(c3ccc([N+](=O)[O-])cc3[N+](=O)[O-])CC2)cc1C. The van der Waals surface area contributed by atoms with Crippen LogP contribution in [0, 0.1) is 34.1 Å². The van der Waals surface area contributed by atoms with Gasteiger partial charge in [-0.05, 0) is 43.2 Å². The van der Waals surface area contributed by atoms with E-state index in [1.165, 1.54) is 16.4 Å². The summed E-state index contributed by atoms with van der Waals surface area (Å²) < 4.78 is 27.2. The normalized spacial score (nSPS) is 15.3. The van der Waals surface area contributed by atoms with Gasteiger partial charge < -0.3 is 4.90 Å². The van der Waals surface area contributed by atoms with Crippen molar-refractivity contribution in [1.82, 2.24) is 4.31 Å². The van der Waals surface area contributed by atoms with Gasteiger partial charge in [0.2, 0.25) is 10.0 Å². The number of hydrogen-bond donors (Lipinski definition) is 0. The molecule has 0 unspecified atom stereocenters. The molecule has 2 aromatic rings. The molecule has 0 aromatic heterocycles. The molecule has 0 aliphatic carbocycles. The maximum absolute atomic E-state index is 12.9. The molecule has 2 aromatic carbocycles. The third-order valence-corrected chi connectivity index (χ3v) is 6.96. The zero-order valence-corrected chi connectivity index (χ0v) is 16.8. The second-order valence-corrected chi connectivity index (χ2v) is 8.76. The minimum absolute atomic E-state index is 0.156. The third-order valence-electron chi connectivity index (χ3n) is 5.06. The fourth-order valence-electron chi connectivity index (χ4n) is 3.23. The topological polar surface area (TPSA) is 127 Å². The molecule has 10 nitrogen and oxygen atoms in total. The molecule has 0 radical (unpaired) electrons. The number of benzene rings is 2. The molecule has 1 aliphatic heterocycles. The molecule has 3 rings (SSSR count). The maximum Gasteiger partial charge on any atom is 0.299 e. The van der Waals surface area contributed by atoms with Gasteiger partial charge in [0.15, 0.2) is 0 Å². The minimum Gasteiger partial charge on any atom is -0.363 e. The van der Waals surface area contributed by atoms with Gasteiger partial charge in [0.1, 0.15) is 5.69 Å². The Balaban J connectivity index is 1.81. The van der Waals surface area contributed by atoms with Gasteiger partial charge in [0, 0.05) is 32.2 Å². The molecular weight excluding hydrogens is 400 g/mol. The number of nitro groups is 2. The van der Waals surface area contributed by atoms with Crippen LogP contribution in [0.4, 0.5) is 17.1 Å². The average molecular weight is 420 g/mol. The monoisotopic (exact) mass is 420 g/mol. The van der Waals surface area contributed by atoms with Crippen LogP contribution in [-0.4, -0.2) is 48.7 Å². The van der Waals surface area contributed by atoms with Crippen molar-refractivity contribution in [3.8, 4) is 0 Å². The van der Waals surface area contributed by atoms with E-state index in [0.717, 1.165) is 17.2 Å². The highest BCUT2D eigenvalue weighted by atomic mass is 32.2. The van der Waals surface area contributed by atoms with Gasteiger partial charge in [0.25, 0.3) is 11.4 Å².